The molecule has 5 rings (SSSR count). The highest BCUT2D eigenvalue weighted by Crippen LogP contribution is 2.29. The van der Waals surface area contributed by atoms with E-state index in [1.807, 2.05) is 26.5 Å². The molecule has 0 atom stereocenters. The molecule has 28 heavy (non-hydrogen) atoms. The lowest BCUT2D eigenvalue weighted by atomic mass is 10.0. The van der Waals surface area contributed by atoms with E-state index in [9.17, 15) is 4.79 Å². The number of nitrogens with zero attached hydrogens (tertiary/aromatic N) is 6. The Morgan fingerprint density at radius 3 is 2.86 bits per heavy atom. The third kappa shape index (κ3) is 2.83. The maximum atomic E-state index is 12.6. The molecule has 0 fully saturated rings. The van der Waals surface area contributed by atoms with Gasteiger partial charge in [0.05, 0.1) is 30.2 Å². The largest absolute Gasteiger partial charge is 0.354 e. The predicted molar refractivity (Wildman–Crippen MR) is 106 cm³/mol. The van der Waals surface area contributed by atoms with E-state index >= 15 is 0 Å². The van der Waals surface area contributed by atoms with Crippen LogP contribution >= 0.6 is 0 Å². The number of hydrogen-bond donors (Lipinski definition) is 0. The van der Waals surface area contributed by atoms with Crippen molar-refractivity contribution in [2.75, 3.05) is 7.05 Å². The molecular formula is C21H22N6O. The molecule has 1 amide bonds. The molecule has 2 aliphatic heterocycles. The summed E-state index contributed by atoms with van der Waals surface area (Å²) >= 11 is 0. The minimum Gasteiger partial charge on any atom is -0.354 e. The number of aliphatic imine (C=N–C) groups is 1. The Morgan fingerprint density at radius 2 is 1.96 bits per heavy atom. The van der Waals surface area contributed by atoms with Crippen LogP contribution in [0.25, 0.3) is 11.1 Å². The summed E-state index contributed by atoms with van der Waals surface area (Å²) in [6.45, 7) is 1.92. The summed E-state index contributed by atoms with van der Waals surface area (Å²) in [6, 6.07) is 4.25. The van der Waals surface area contributed by atoms with Gasteiger partial charge in [-0.2, -0.15) is 5.10 Å². The molecule has 0 saturated carbocycles. The van der Waals surface area contributed by atoms with Crippen molar-refractivity contribution in [1.29, 1.82) is 0 Å². The number of aryl methyl sites for hydroxylation is 2. The molecule has 0 spiro atoms. The van der Waals surface area contributed by atoms with E-state index in [0.717, 1.165) is 52.3 Å². The minimum absolute atomic E-state index is 0.136. The fourth-order valence-corrected chi connectivity index (χ4v) is 3.99. The monoisotopic (exact) mass is 374 g/mol. The topological polar surface area (TPSA) is 68.3 Å². The first-order valence-corrected chi connectivity index (χ1v) is 9.55. The van der Waals surface area contributed by atoms with Gasteiger partial charge in [0.15, 0.2) is 0 Å². The summed E-state index contributed by atoms with van der Waals surface area (Å²) < 4.78 is 3.94. The van der Waals surface area contributed by atoms with Gasteiger partial charge in [-0.3, -0.25) is 19.5 Å². The summed E-state index contributed by atoms with van der Waals surface area (Å²) in [7, 11) is 3.75. The molecular weight excluding hydrogens is 352 g/mol. The third-order valence-electron chi connectivity index (χ3n) is 5.47. The van der Waals surface area contributed by atoms with Gasteiger partial charge in [0.1, 0.15) is 0 Å². The average molecular weight is 374 g/mol. The van der Waals surface area contributed by atoms with Crippen molar-refractivity contribution < 1.29 is 4.79 Å². The number of aromatic nitrogens is 4. The first-order chi connectivity index (χ1) is 13.6. The SMILES string of the molecule is CN1Cc2nn(C)cc2-c2cnc3c(c2)C(=NC3)c2ccn(c2)CCCC1=O. The molecule has 142 valence electrons. The Kier molecular flexibility index (Phi) is 3.89. The van der Waals surface area contributed by atoms with Crippen molar-refractivity contribution >= 4 is 11.6 Å². The molecule has 5 heterocycles. The van der Waals surface area contributed by atoms with Gasteiger partial charge in [-0.25, -0.2) is 0 Å². The van der Waals surface area contributed by atoms with E-state index in [0.29, 0.717) is 19.5 Å². The van der Waals surface area contributed by atoms with Crippen molar-refractivity contribution in [3.05, 3.63) is 59.4 Å². The molecule has 0 aliphatic carbocycles. The van der Waals surface area contributed by atoms with Crippen LogP contribution in [0.4, 0.5) is 0 Å². The van der Waals surface area contributed by atoms with Crippen LogP contribution in [-0.4, -0.2) is 42.9 Å². The first-order valence-electron chi connectivity index (χ1n) is 9.55. The Labute approximate surface area is 163 Å². The fraction of sp³-hybridized carbons (Fsp3) is 0.333. The van der Waals surface area contributed by atoms with Gasteiger partial charge < -0.3 is 9.47 Å². The van der Waals surface area contributed by atoms with Crippen LogP contribution in [0.5, 0.6) is 0 Å². The molecule has 4 bridgehead atoms. The molecule has 0 unspecified atom stereocenters. The molecule has 7 heteroatoms. The second kappa shape index (κ2) is 6.44. The predicted octanol–water partition coefficient (Wildman–Crippen LogP) is 2.39. The molecule has 7 nitrogen and oxygen atoms in total. The molecule has 2 aliphatic rings. The van der Waals surface area contributed by atoms with Gasteiger partial charge in [-0.1, -0.05) is 0 Å². The normalized spacial score (nSPS) is 16.4. The van der Waals surface area contributed by atoms with Gasteiger partial charge in [0, 0.05) is 74.1 Å². The van der Waals surface area contributed by atoms with Crippen molar-refractivity contribution in [3.63, 3.8) is 0 Å². The van der Waals surface area contributed by atoms with Crippen LogP contribution in [-0.2, 0) is 31.5 Å². The third-order valence-corrected chi connectivity index (χ3v) is 5.47. The van der Waals surface area contributed by atoms with Gasteiger partial charge in [0.2, 0.25) is 5.91 Å². The van der Waals surface area contributed by atoms with E-state index in [-0.39, 0.29) is 5.91 Å². The highest BCUT2D eigenvalue weighted by molar-refractivity contribution is 6.15. The van der Waals surface area contributed by atoms with E-state index in [1.165, 1.54) is 0 Å². The van der Waals surface area contributed by atoms with Crippen molar-refractivity contribution in [3.8, 4) is 11.1 Å². The summed E-state index contributed by atoms with van der Waals surface area (Å²) in [5, 5.41) is 4.61. The minimum atomic E-state index is 0.136. The van der Waals surface area contributed by atoms with Gasteiger partial charge in [-0.05, 0) is 18.6 Å². The van der Waals surface area contributed by atoms with Gasteiger partial charge in [-0.15, -0.1) is 0 Å². The zero-order valence-corrected chi connectivity index (χ0v) is 16.1. The van der Waals surface area contributed by atoms with Crippen LogP contribution in [0.2, 0.25) is 0 Å². The highest BCUT2D eigenvalue weighted by atomic mass is 16.2. The summed E-state index contributed by atoms with van der Waals surface area (Å²) in [5.41, 5.74) is 7.09. The molecule has 3 aromatic rings. The molecule has 0 aromatic carbocycles. The van der Waals surface area contributed by atoms with E-state index in [2.05, 4.69) is 39.2 Å². The first kappa shape index (κ1) is 16.9. The summed E-state index contributed by atoms with van der Waals surface area (Å²) in [5.74, 6) is 0.136. The standard InChI is InChI=1S/C21H22N6O/c1-25-13-19-17(12-26(2)24-19)15-8-16-18(22-9-15)10-23-21(16)14-5-7-27(11-14)6-3-4-20(25)28/h5,7-9,11-12H,3-4,6,10,13H2,1-2H3. The lowest BCUT2D eigenvalue weighted by molar-refractivity contribution is -0.130. The molecule has 0 saturated heterocycles. The van der Waals surface area contributed by atoms with Gasteiger partial charge >= 0.3 is 0 Å². The number of amides is 1. The average Bonchev–Trinajstić information content (AvgIpc) is 3.38. The van der Waals surface area contributed by atoms with Gasteiger partial charge in [0.25, 0.3) is 0 Å². The van der Waals surface area contributed by atoms with Crippen LogP contribution < -0.4 is 0 Å². The van der Waals surface area contributed by atoms with Crippen LogP contribution in [0.15, 0.2) is 41.9 Å². The molecule has 3 aromatic heterocycles. The Hall–Kier alpha value is -3.22. The maximum absolute atomic E-state index is 12.6. The van der Waals surface area contributed by atoms with Crippen LogP contribution in [0.3, 0.4) is 0 Å². The van der Waals surface area contributed by atoms with E-state index in [4.69, 9.17) is 4.99 Å². The number of carbonyl (C=O) groups is 1. The second-order valence-corrected chi connectivity index (χ2v) is 7.54. The zero-order chi connectivity index (χ0) is 19.3. The molecule has 0 radical (unpaired) electrons. The number of hydrogen-bond acceptors (Lipinski definition) is 4. The maximum Gasteiger partial charge on any atom is 0.222 e. The molecule has 0 N–H and O–H groups in total. The Morgan fingerprint density at radius 1 is 1.07 bits per heavy atom. The number of fused-ring (bicyclic) bond motifs is 6. The summed E-state index contributed by atoms with van der Waals surface area (Å²) in [6.07, 6.45) is 9.39. The lowest BCUT2D eigenvalue weighted by Gasteiger charge is -2.17. The lowest BCUT2D eigenvalue weighted by Crippen LogP contribution is -2.26. The van der Waals surface area contributed by atoms with Crippen molar-refractivity contribution in [2.45, 2.75) is 32.5 Å². The Bertz CT molecular complexity index is 1110. The van der Waals surface area contributed by atoms with Crippen LogP contribution in [0.1, 0.15) is 35.4 Å². The quantitative estimate of drug-likeness (QED) is 0.607. The second-order valence-electron chi connectivity index (χ2n) is 7.54. The Balaban J connectivity index is 1.65. The van der Waals surface area contributed by atoms with Crippen LogP contribution in [0, 0.1) is 0 Å². The van der Waals surface area contributed by atoms with E-state index < -0.39 is 0 Å². The van der Waals surface area contributed by atoms with Crippen molar-refractivity contribution in [2.24, 2.45) is 12.0 Å². The van der Waals surface area contributed by atoms with Crippen molar-refractivity contribution in [1.82, 2.24) is 24.2 Å². The fourth-order valence-electron chi connectivity index (χ4n) is 3.99. The van der Waals surface area contributed by atoms with E-state index in [1.54, 1.807) is 9.58 Å². The highest BCUT2D eigenvalue weighted by Gasteiger charge is 2.23. The number of rotatable bonds is 0. The number of pyridine rings is 1. The smallest absolute Gasteiger partial charge is 0.222 e. The summed E-state index contributed by atoms with van der Waals surface area (Å²) in [4.78, 5) is 23.7. The number of carbonyl (C=O) groups excluding carboxylic acids is 1. The zero-order valence-electron chi connectivity index (χ0n) is 16.1.